The van der Waals surface area contributed by atoms with Crippen molar-refractivity contribution in [3.63, 3.8) is 0 Å². The Balaban J connectivity index is 2.65. The molecule has 0 bridgehead atoms. The van der Waals surface area contributed by atoms with Gasteiger partial charge >= 0.3 is 5.97 Å². The van der Waals surface area contributed by atoms with Crippen molar-refractivity contribution in [3.05, 3.63) is 63.2 Å². The molecule has 9 heteroatoms. The average Bonchev–Trinajstić information content (AvgIpc) is 2.58. The van der Waals surface area contributed by atoms with E-state index in [0.29, 0.717) is 5.56 Å². The highest BCUT2D eigenvalue weighted by Gasteiger charge is 2.29. The van der Waals surface area contributed by atoms with Crippen LogP contribution >= 0.6 is 0 Å². The molecule has 2 aromatic carbocycles. The fourth-order valence-electron chi connectivity index (χ4n) is 2.67. The number of anilines is 1. The second-order valence-electron chi connectivity index (χ2n) is 6.14. The third kappa shape index (κ3) is 4.43. The summed E-state index contributed by atoms with van der Waals surface area (Å²) in [5, 5.41) is 11.2. The molecule has 0 aliphatic heterocycles. The highest BCUT2D eigenvalue weighted by molar-refractivity contribution is 7.92. The number of nitrogens with zero attached hydrogens (tertiary/aromatic N) is 2. The zero-order valence-corrected chi connectivity index (χ0v) is 16.2. The lowest BCUT2D eigenvalue weighted by atomic mass is 10.1. The van der Waals surface area contributed by atoms with Crippen molar-refractivity contribution in [2.45, 2.75) is 25.7 Å². The van der Waals surface area contributed by atoms with Crippen LogP contribution in [-0.2, 0) is 19.6 Å². The molecule has 0 spiro atoms. The summed E-state index contributed by atoms with van der Waals surface area (Å²) in [6, 6.07) is 8.75. The Morgan fingerprint density at radius 1 is 1.11 bits per heavy atom. The van der Waals surface area contributed by atoms with E-state index in [2.05, 4.69) is 4.74 Å². The van der Waals surface area contributed by atoms with E-state index in [9.17, 15) is 23.3 Å². The molecule has 0 saturated carbocycles. The molecule has 0 aromatic heterocycles. The summed E-state index contributed by atoms with van der Waals surface area (Å²) in [5.41, 5.74) is 1.93. The first-order valence-corrected chi connectivity index (χ1v) is 9.43. The second kappa shape index (κ2) is 7.75. The highest BCUT2D eigenvalue weighted by Crippen LogP contribution is 2.29. The number of ether oxygens (including phenoxy) is 1. The smallest absolute Gasteiger partial charge is 0.326 e. The number of rotatable bonds is 6. The van der Waals surface area contributed by atoms with Gasteiger partial charge in [-0.3, -0.25) is 19.2 Å². The normalized spacial score (nSPS) is 11.1. The maximum atomic E-state index is 13.2. The number of methoxy groups -OCH3 is 1. The van der Waals surface area contributed by atoms with Crippen LogP contribution in [0.3, 0.4) is 0 Å². The summed E-state index contributed by atoms with van der Waals surface area (Å²) in [4.78, 5) is 22.1. The molecule has 0 unspecified atom stereocenters. The van der Waals surface area contributed by atoms with E-state index < -0.39 is 27.5 Å². The number of carbonyl (C=O) groups excluding carboxylic acids is 1. The standard InChI is InChI=1S/C18H20N2O6S/c1-12-7-13(2)9-15(8-12)19(11-18(21)26-4)27(24,25)16-6-5-14(3)17(10-16)20(22)23/h5-10H,11H2,1-4H3. The number of hydrogen-bond acceptors (Lipinski definition) is 6. The van der Waals surface area contributed by atoms with Crippen LogP contribution in [-0.4, -0.2) is 33.0 Å². The molecule has 0 atom stereocenters. The van der Waals surface area contributed by atoms with Crippen molar-refractivity contribution in [3.8, 4) is 0 Å². The van der Waals surface area contributed by atoms with Crippen LogP contribution in [0.4, 0.5) is 11.4 Å². The number of sulfonamides is 1. The van der Waals surface area contributed by atoms with Crippen molar-refractivity contribution in [2.75, 3.05) is 18.0 Å². The summed E-state index contributed by atoms with van der Waals surface area (Å²) < 4.78 is 31.9. The summed E-state index contributed by atoms with van der Waals surface area (Å²) in [6.07, 6.45) is 0. The van der Waals surface area contributed by atoms with E-state index in [4.69, 9.17) is 0 Å². The van der Waals surface area contributed by atoms with E-state index >= 15 is 0 Å². The maximum absolute atomic E-state index is 13.2. The number of esters is 1. The minimum atomic E-state index is -4.24. The third-order valence-corrected chi connectivity index (χ3v) is 5.73. The number of aryl methyl sites for hydroxylation is 3. The minimum Gasteiger partial charge on any atom is -0.468 e. The summed E-state index contributed by atoms with van der Waals surface area (Å²) >= 11 is 0. The molecule has 2 rings (SSSR count). The molecular formula is C18H20N2O6S. The molecule has 0 aliphatic carbocycles. The topological polar surface area (TPSA) is 107 Å². The van der Waals surface area contributed by atoms with Crippen molar-refractivity contribution in [1.29, 1.82) is 0 Å². The SMILES string of the molecule is COC(=O)CN(c1cc(C)cc(C)c1)S(=O)(=O)c1ccc(C)c([N+](=O)[O-])c1. The highest BCUT2D eigenvalue weighted by atomic mass is 32.2. The number of carbonyl (C=O) groups is 1. The van der Waals surface area contributed by atoms with Gasteiger partial charge in [-0.1, -0.05) is 12.1 Å². The van der Waals surface area contributed by atoms with E-state index in [-0.39, 0.29) is 16.3 Å². The number of nitro groups is 1. The third-order valence-electron chi connectivity index (χ3n) is 3.96. The maximum Gasteiger partial charge on any atom is 0.326 e. The van der Waals surface area contributed by atoms with Crippen LogP contribution in [0.2, 0.25) is 0 Å². The molecule has 0 aliphatic rings. The monoisotopic (exact) mass is 392 g/mol. The Labute approximate surface area is 157 Å². The zero-order chi connectivity index (χ0) is 20.4. The molecule has 8 nitrogen and oxygen atoms in total. The molecular weight excluding hydrogens is 372 g/mol. The van der Waals surface area contributed by atoms with E-state index in [1.54, 1.807) is 26.0 Å². The van der Waals surface area contributed by atoms with Gasteiger partial charge in [0.05, 0.1) is 22.6 Å². The first-order chi connectivity index (χ1) is 12.6. The first-order valence-electron chi connectivity index (χ1n) is 7.99. The minimum absolute atomic E-state index is 0.275. The Kier molecular flexibility index (Phi) is 5.85. The van der Waals surface area contributed by atoms with Crippen molar-refractivity contribution >= 4 is 27.4 Å². The largest absolute Gasteiger partial charge is 0.468 e. The van der Waals surface area contributed by atoms with Crippen LogP contribution in [0.5, 0.6) is 0 Å². The molecule has 144 valence electrons. The lowest BCUT2D eigenvalue weighted by Gasteiger charge is -2.24. The molecule has 0 fully saturated rings. The quantitative estimate of drug-likeness (QED) is 0.425. The van der Waals surface area contributed by atoms with Crippen LogP contribution in [0.15, 0.2) is 41.3 Å². The van der Waals surface area contributed by atoms with Gasteiger partial charge in [0.1, 0.15) is 6.54 Å². The van der Waals surface area contributed by atoms with Gasteiger partial charge in [-0.2, -0.15) is 0 Å². The number of benzene rings is 2. The van der Waals surface area contributed by atoms with Crippen molar-refractivity contribution in [1.82, 2.24) is 0 Å². The Morgan fingerprint density at radius 2 is 1.70 bits per heavy atom. The second-order valence-corrected chi connectivity index (χ2v) is 8.00. The molecule has 27 heavy (non-hydrogen) atoms. The summed E-state index contributed by atoms with van der Waals surface area (Å²) in [6.45, 7) is 4.57. The molecule has 0 heterocycles. The van der Waals surface area contributed by atoms with Crippen molar-refractivity contribution in [2.24, 2.45) is 0 Å². The molecule has 0 N–H and O–H groups in total. The molecule has 0 saturated heterocycles. The lowest BCUT2D eigenvalue weighted by molar-refractivity contribution is -0.385. The predicted molar refractivity (Wildman–Crippen MR) is 100 cm³/mol. The van der Waals surface area contributed by atoms with Crippen LogP contribution in [0, 0.1) is 30.9 Å². The van der Waals surface area contributed by atoms with Crippen LogP contribution in [0.25, 0.3) is 0 Å². The number of hydrogen-bond donors (Lipinski definition) is 0. The van der Waals surface area contributed by atoms with Gasteiger partial charge in [0.2, 0.25) is 0 Å². The lowest BCUT2D eigenvalue weighted by Crippen LogP contribution is -2.36. The predicted octanol–water partition coefficient (Wildman–Crippen LogP) is 2.89. The van der Waals surface area contributed by atoms with E-state index in [0.717, 1.165) is 28.6 Å². The fourth-order valence-corrected chi connectivity index (χ4v) is 4.08. The van der Waals surface area contributed by atoms with Crippen LogP contribution in [0.1, 0.15) is 16.7 Å². The average molecular weight is 392 g/mol. The van der Waals surface area contributed by atoms with E-state index in [1.165, 1.54) is 19.1 Å². The Morgan fingerprint density at radius 3 is 2.22 bits per heavy atom. The Hall–Kier alpha value is -2.94. The van der Waals surface area contributed by atoms with Gasteiger partial charge in [0.15, 0.2) is 0 Å². The number of nitro benzene ring substituents is 1. The van der Waals surface area contributed by atoms with Crippen molar-refractivity contribution < 1.29 is 22.9 Å². The Bertz CT molecular complexity index is 981. The van der Waals surface area contributed by atoms with Crippen LogP contribution < -0.4 is 4.31 Å². The van der Waals surface area contributed by atoms with Gasteiger partial charge in [-0.05, 0) is 50.1 Å². The van der Waals surface area contributed by atoms with Gasteiger partial charge in [0.25, 0.3) is 15.7 Å². The van der Waals surface area contributed by atoms with Gasteiger partial charge in [-0.15, -0.1) is 0 Å². The molecule has 2 aromatic rings. The first kappa shape index (κ1) is 20.4. The summed E-state index contributed by atoms with van der Waals surface area (Å²) in [7, 11) is -3.08. The molecule has 0 radical (unpaired) electrons. The van der Waals surface area contributed by atoms with Gasteiger partial charge < -0.3 is 4.74 Å². The summed E-state index contributed by atoms with van der Waals surface area (Å²) in [5.74, 6) is -0.751. The van der Waals surface area contributed by atoms with E-state index in [1.807, 2.05) is 6.07 Å². The zero-order valence-electron chi connectivity index (χ0n) is 15.4. The molecule has 0 amide bonds. The van der Waals surface area contributed by atoms with Gasteiger partial charge in [-0.25, -0.2) is 8.42 Å². The fraction of sp³-hybridized carbons (Fsp3) is 0.278. The van der Waals surface area contributed by atoms with Gasteiger partial charge in [0, 0.05) is 11.6 Å².